The van der Waals surface area contributed by atoms with Gasteiger partial charge in [0.2, 0.25) is 0 Å². The van der Waals surface area contributed by atoms with E-state index < -0.39 is 0 Å². The first kappa shape index (κ1) is 11.2. The van der Waals surface area contributed by atoms with Crippen molar-refractivity contribution in [2.24, 2.45) is 0 Å². The van der Waals surface area contributed by atoms with Crippen LogP contribution in [0.25, 0.3) is 0 Å². The lowest BCUT2D eigenvalue weighted by atomic mass is 10.2. The maximum Gasteiger partial charge on any atom is 0.307 e. The lowest BCUT2D eigenvalue weighted by molar-refractivity contribution is 0.408. The molecule has 0 amide bonds. The van der Waals surface area contributed by atoms with Crippen LogP contribution in [0.5, 0.6) is 5.75 Å². The van der Waals surface area contributed by atoms with Gasteiger partial charge in [-0.15, -0.1) is 0 Å². The zero-order valence-electron chi connectivity index (χ0n) is 8.64. The quantitative estimate of drug-likeness (QED) is 0.844. The highest BCUT2D eigenvalue weighted by Crippen LogP contribution is 2.26. The van der Waals surface area contributed by atoms with Gasteiger partial charge in [0.15, 0.2) is 0 Å². The van der Waals surface area contributed by atoms with Crippen molar-refractivity contribution in [2.75, 3.05) is 7.11 Å². The Morgan fingerprint density at radius 1 is 1.50 bits per heavy atom. The van der Waals surface area contributed by atoms with Gasteiger partial charge in [-0.05, 0) is 12.1 Å². The molecule has 0 radical (unpaired) electrons. The van der Waals surface area contributed by atoms with Crippen molar-refractivity contribution < 1.29 is 4.74 Å². The molecule has 2 rings (SSSR count). The molecule has 0 spiro atoms. The summed E-state index contributed by atoms with van der Waals surface area (Å²) in [4.78, 5) is 11.4. The highest BCUT2D eigenvalue weighted by Gasteiger charge is 2.09. The first-order chi connectivity index (χ1) is 7.72. The molecule has 84 valence electrons. The van der Waals surface area contributed by atoms with E-state index in [1.165, 1.54) is 11.3 Å². The molecule has 16 heavy (non-hydrogen) atoms. The molecule has 5 heteroatoms. The predicted molar refractivity (Wildman–Crippen MR) is 65.7 cm³/mol. The second kappa shape index (κ2) is 4.72. The molecule has 2 aromatic rings. The smallest absolute Gasteiger partial charge is 0.307 e. The molecule has 0 saturated carbocycles. The van der Waals surface area contributed by atoms with Gasteiger partial charge >= 0.3 is 4.87 Å². The standard InChI is InChI=1S/C11H10ClNO2S/c1-15-10-4-2-3-9(12)8(10)7-13-5-6-16-11(13)14/h2-6H,7H2,1H3. The molecule has 0 saturated heterocycles. The van der Waals surface area contributed by atoms with Gasteiger partial charge in [-0.25, -0.2) is 0 Å². The maximum atomic E-state index is 11.4. The molecule has 1 aromatic heterocycles. The van der Waals surface area contributed by atoms with Crippen molar-refractivity contribution in [2.45, 2.75) is 6.54 Å². The van der Waals surface area contributed by atoms with Crippen LogP contribution in [-0.2, 0) is 6.54 Å². The second-order valence-electron chi connectivity index (χ2n) is 3.22. The molecule has 1 heterocycles. The number of hydrogen-bond acceptors (Lipinski definition) is 3. The largest absolute Gasteiger partial charge is 0.496 e. The third-order valence-electron chi connectivity index (χ3n) is 2.27. The number of benzene rings is 1. The first-order valence-electron chi connectivity index (χ1n) is 4.67. The lowest BCUT2D eigenvalue weighted by Gasteiger charge is -2.10. The Bertz CT molecular complexity index is 547. The Hall–Kier alpha value is -1.26. The van der Waals surface area contributed by atoms with Crippen LogP contribution in [-0.4, -0.2) is 11.7 Å². The molecule has 3 nitrogen and oxygen atoms in total. The van der Waals surface area contributed by atoms with Crippen LogP contribution in [0.4, 0.5) is 0 Å². The second-order valence-corrected chi connectivity index (χ2v) is 4.48. The average molecular weight is 256 g/mol. The van der Waals surface area contributed by atoms with Gasteiger partial charge in [0, 0.05) is 22.2 Å². The summed E-state index contributed by atoms with van der Waals surface area (Å²) in [5.41, 5.74) is 0.826. The normalized spacial score (nSPS) is 10.4. The minimum atomic E-state index is 0.00183. The van der Waals surface area contributed by atoms with E-state index in [2.05, 4.69) is 0 Å². The molecule has 0 bridgehead atoms. The average Bonchev–Trinajstić information content (AvgIpc) is 2.67. The topological polar surface area (TPSA) is 31.2 Å². The minimum absolute atomic E-state index is 0.00183. The van der Waals surface area contributed by atoms with Crippen molar-refractivity contribution >= 4 is 22.9 Å². The number of hydrogen-bond donors (Lipinski definition) is 0. The molecular weight excluding hydrogens is 246 g/mol. The summed E-state index contributed by atoms with van der Waals surface area (Å²) in [6.07, 6.45) is 1.75. The number of methoxy groups -OCH3 is 1. The van der Waals surface area contributed by atoms with Gasteiger partial charge in [-0.3, -0.25) is 4.79 Å². The highest BCUT2D eigenvalue weighted by molar-refractivity contribution is 7.07. The van der Waals surface area contributed by atoms with E-state index in [1.54, 1.807) is 29.3 Å². The zero-order valence-corrected chi connectivity index (χ0v) is 10.2. The molecule has 1 aromatic carbocycles. The number of ether oxygens (including phenoxy) is 1. The summed E-state index contributed by atoms with van der Waals surface area (Å²) < 4.78 is 6.82. The van der Waals surface area contributed by atoms with E-state index in [9.17, 15) is 4.79 Å². The molecule has 0 atom stereocenters. The number of nitrogens with zero attached hydrogens (tertiary/aromatic N) is 1. The van der Waals surface area contributed by atoms with Crippen LogP contribution in [0.15, 0.2) is 34.6 Å². The van der Waals surface area contributed by atoms with Crippen molar-refractivity contribution in [1.29, 1.82) is 0 Å². The summed E-state index contributed by atoms with van der Waals surface area (Å²) in [5, 5.41) is 2.36. The van der Waals surface area contributed by atoms with Crippen molar-refractivity contribution in [3.05, 3.63) is 50.0 Å². The Balaban J connectivity index is 2.41. The summed E-state index contributed by atoms with van der Waals surface area (Å²) in [6, 6.07) is 5.44. The Kier molecular flexibility index (Phi) is 3.31. The number of rotatable bonds is 3. The SMILES string of the molecule is COc1cccc(Cl)c1Cn1ccsc1=O. The van der Waals surface area contributed by atoms with Gasteiger partial charge in [0.25, 0.3) is 0 Å². The van der Waals surface area contributed by atoms with E-state index in [-0.39, 0.29) is 4.87 Å². The predicted octanol–water partition coefficient (Wildman–Crippen LogP) is 2.62. The molecule has 0 aliphatic carbocycles. The third-order valence-corrected chi connectivity index (χ3v) is 3.32. The molecule has 0 fully saturated rings. The van der Waals surface area contributed by atoms with Crippen LogP contribution in [0.1, 0.15) is 5.56 Å². The van der Waals surface area contributed by atoms with Crippen LogP contribution in [0.2, 0.25) is 5.02 Å². The molecule has 0 aliphatic heterocycles. The fourth-order valence-corrected chi connectivity index (χ4v) is 2.27. The van der Waals surface area contributed by atoms with E-state index >= 15 is 0 Å². The van der Waals surface area contributed by atoms with Gasteiger partial charge in [0.1, 0.15) is 5.75 Å². The van der Waals surface area contributed by atoms with E-state index in [0.717, 1.165) is 5.56 Å². The Labute approximate surface area is 102 Å². The first-order valence-corrected chi connectivity index (χ1v) is 5.93. The molecule has 0 N–H and O–H groups in total. The summed E-state index contributed by atoms with van der Waals surface area (Å²) >= 11 is 7.25. The minimum Gasteiger partial charge on any atom is -0.496 e. The monoisotopic (exact) mass is 255 g/mol. The number of thiazole rings is 1. The van der Waals surface area contributed by atoms with Gasteiger partial charge in [-0.2, -0.15) is 0 Å². The molecular formula is C11H10ClNO2S. The molecule has 0 aliphatic rings. The number of aromatic nitrogens is 1. The van der Waals surface area contributed by atoms with E-state index in [4.69, 9.17) is 16.3 Å². The summed E-state index contributed by atoms with van der Waals surface area (Å²) in [5.74, 6) is 0.700. The highest BCUT2D eigenvalue weighted by atomic mass is 35.5. The number of halogens is 1. The maximum absolute atomic E-state index is 11.4. The summed E-state index contributed by atoms with van der Waals surface area (Å²) in [7, 11) is 1.59. The molecule has 0 unspecified atom stereocenters. The third kappa shape index (κ3) is 2.13. The van der Waals surface area contributed by atoms with Crippen LogP contribution >= 0.6 is 22.9 Å². The van der Waals surface area contributed by atoms with Crippen LogP contribution in [0, 0.1) is 0 Å². The van der Waals surface area contributed by atoms with Crippen LogP contribution < -0.4 is 9.61 Å². The van der Waals surface area contributed by atoms with Crippen molar-refractivity contribution in [3.8, 4) is 5.75 Å². The van der Waals surface area contributed by atoms with E-state index in [1.807, 2.05) is 12.1 Å². The van der Waals surface area contributed by atoms with Gasteiger partial charge in [0.05, 0.1) is 13.7 Å². The zero-order chi connectivity index (χ0) is 11.5. The van der Waals surface area contributed by atoms with Crippen molar-refractivity contribution in [1.82, 2.24) is 4.57 Å². The van der Waals surface area contributed by atoms with E-state index in [0.29, 0.717) is 17.3 Å². The van der Waals surface area contributed by atoms with Gasteiger partial charge in [-0.1, -0.05) is 29.0 Å². The summed E-state index contributed by atoms with van der Waals surface area (Å²) in [6.45, 7) is 0.436. The van der Waals surface area contributed by atoms with Crippen molar-refractivity contribution in [3.63, 3.8) is 0 Å². The lowest BCUT2D eigenvalue weighted by Crippen LogP contribution is -2.13. The Morgan fingerprint density at radius 3 is 2.94 bits per heavy atom. The fraction of sp³-hybridized carbons (Fsp3) is 0.182. The fourth-order valence-electron chi connectivity index (χ4n) is 1.46. The Morgan fingerprint density at radius 2 is 2.31 bits per heavy atom. The van der Waals surface area contributed by atoms with Crippen LogP contribution in [0.3, 0.4) is 0 Å². The van der Waals surface area contributed by atoms with Gasteiger partial charge < -0.3 is 9.30 Å².